The van der Waals surface area contributed by atoms with Crippen molar-refractivity contribution in [3.05, 3.63) is 46.1 Å². The number of nitrogens with one attached hydrogen (secondary N) is 2. The Morgan fingerprint density at radius 3 is 2.55 bits per heavy atom. The molecule has 1 aliphatic carbocycles. The van der Waals surface area contributed by atoms with Gasteiger partial charge in [0.1, 0.15) is 5.52 Å². The number of imidazole rings is 1. The van der Waals surface area contributed by atoms with Crippen molar-refractivity contribution in [1.29, 1.82) is 0 Å². The molecule has 1 aliphatic rings. The van der Waals surface area contributed by atoms with Crippen LogP contribution < -0.4 is 10.6 Å². The Morgan fingerprint density at radius 2 is 1.86 bits per heavy atom. The van der Waals surface area contributed by atoms with E-state index in [-0.39, 0.29) is 11.9 Å². The molecule has 2 heterocycles. The largest absolute Gasteiger partial charge is 0.349 e. The summed E-state index contributed by atoms with van der Waals surface area (Å²) in [7, 11) is 1.85. The number of nitrogens with zero attached hydrogens (tertiary/aromatic N) is 3. The zero-order chi connectivity index (χ0) is 20.5. The topological polar surface area (TPSA) is 71.8 Å². The molecule has 0 atom stereocenters. The quantitative estimate of drug-likeness (QED) is 0.585. The molecule has 1 aromatic carbocycles. The second-order valence-corrected chi connectivity index (χ2v) is 8.53. The predicted octanol–water partition coefficient (Wildman–Crippen LogP) is 5.33. The van der Waals surface area contributed by atoms with Gasteiger partial charge in [-0.1, -0.05) is 36.2 Å². The number of anilines is 2. The number of halogens is 2. The van der Waals surface area contributed by atoms with Crippen LogP contribution >= 0.6 is 23.2 Å². The highest BCUT2D eigenvalue weighted by Crippen LogP contribution is 2.33. The molecule has 2 aromatic heterocycles. The molecular formula is C21H23Cl2N5O. The standard InChI is InChI=1S/C21H23Cl2N5O/c1-12-6-8-14(9-7-12)25-20(29)13-10-17-19(24-11-13)28(2)21(26-17)27-18-15(22)4-3-5-16(18)23/h3-5,10-12,14H,6-9H2,1-2H3,(H,25,29)(H,26,27)/t12-,14-. The summed E-state index contributed by atoms with van der Waals surface area (Å²) < 4.78 is 1.80. The van der Waals surface area contributed by atoms with Crippen molar-refractivity contribution in [3.8, 4) is 0 Å². The average Bonchev–Trinajstić information content (AvgIpc) is 3.01. The summed E-state index contributed by atoms with van der Waals surface area (Å²) in [5.41, 5.74) is 2.39. The third-order valence-electron chi connectivity index (χ3n) is 5.52. The van der Waals surface area contributed by atoms with E-state index in [1.807, 2.05) is 7.05 Å². The summed E-state index contributed by atoms with van der Waals surface area (Å²) in [4.78, 5) is 21.7. The van der Waals surface area contributed by atoms with Crippen molar-refractivity contribution in [3.63, 3.8) is 0 Å². The van der Waals surface area contributed by atoms with E-state index in [0.717, 1.165) is 31.6 Å². The molecule has 2 N–H and O–H groups in total. The fraction of sp³-hybridized carbons (Fsp3) is 0.381. The lowest BCUT2D eigenvalue weighted by Crippen LogP contribution is -2.37. The van der Waals surface area contributed by atoms with Crippen molar-refractivity contribution in [2.45, 2.75) is 38.6 Å². The van der Waals surface area contributed by atoms with Crippen LogP contribution in [0.25, 0.3) is 11.2 Å². The van der Waals surface area contributed by atoms with E-state index >= 15 is 0 Å². The summed E-state index contributed by atoms with van der Waals surface area (Å²) in [6, 6.07) is 7.29. The Labute approximate surface area is 179 Å². The van der Waals surface area contributed by atoms with Gasteiger partial charge in [0.15, 0.2) is 5.65 Å². The number of carbonyl (C=O) groups excluding carboxylic acids is 1. The van der Waals surface area contributed by atoms with E-state index in [9.17, 15) is 4.79 Å². The molecule has 29 heavy (non-hydrogen) atoms. The fourth-order valence-corrected chi connectivity index (χ4v) is 4.21. The van der Waals surface area contributed by atoms with Gasteiger partial charge in [0, 0.05) is 19.3 Å². The Hall–Kier alpha value is -2.31. The molecule has 8 heteroatoms. The zero-order valence-corrected chi connectivity index (χ0v) is 17.9. The maximum Gasteiger partial charge on any atom is 0.253 e. The monoisotopic (exact) mass is 431 g/mol. The Morgan fingerprint density at radius 1 is 1.17 bits per heavy atom. The van der Waals surface area contributed by atoms with E-state index in [2.05, 4.69) is 27.5 Å². The van der Waals surface area contributed by atoms with Crippen LogP contribution in [-0.2, 0) is 7.05 Å². The number of benzene rings is 1. The van der Waals surface area contributed by atoms with Gasteiger partial charge >= 0.3 is 0 Å². The molecule has 0 aliphatic heterocycles. The first kappa shape index (κ1) is 20.0. The summed E-state index contributed by atoms with van der Waals surface area (Å²) >= 11 is 12.5. The van der Waals surface area contributed by atoms with Crippen molar-refractivity contribution >= 4 is 51.9 Å². The molecule has 1 fully saturated rings. The van der Waals surface area contributed by atoms with Crippen molar-refractivity contribution < 1.29 is 4.79 Å². The summed E-state index contributed by atoms with van der Waals surface area (Å²) in [5, 5.41) is 7.30. The van der Waals surface area contributed by atoms with Crippen molar-refractivity contribution in [1.82, 2.24) is 19.9 Å². The number of aromatic nitrogens is 3. The zero-order valence-electron chi connectivity index (χ0n) is 16.4. The first-order valence-corrected chi connectivity index (χ1v) is 10.5. The van der Waals surface area contributed by atoms with Gasteiger partial charge in [-0.2, -0.15) is 0 Å². The molecule has 1 saturated carbocycles. The summed E-state index contributed by atoms with van der Waals surface area (Å²) in [5.74, 6) is 1.18. The Bertz CT molecular complexity index is 1040. The van der Waals surface area contributed by atoms with Gasteiger partial charge in [-0.3, -0.25) is 9.36 Å². The molecule has 4 rings (SSSR count). The van der Waals surface area contributed by atoms with Crippen LogP contribution in [0, 0.1) is 5.92 Å². The van der Waals surface area contributed by atoms with Crippen molar-refractivity contribution in [2.75, 3.05) is 5.32 Å². The lowest BCUT2D eigenvalue weighted by Gasteiger charge is -2.26. The minimum atomic E-state index is -0.103. The summed E-state index contributed by atoms with van der Waals surface area (Å²) in [6.45, 7) is 2.26. The molecular weight excluding hydrogens is 409 g/mol. The van der Waals surface area contributed by atoms with Crippen LogP contribution in [0.3, 0.4) is 0 Å². The third kappa shape index (κ3) is 4.19. The number of hydrogen-bond donors (Lipinski definition) is 2. The molecule has 152 valence electrons. The van der Waals surface area contributed by atoms with E-state index < -0.39 is 0 Å². The first-order valence-electron chi connectivity index (χ1n) is 9.76. The number of pyridine rings is 1. The fourth-order valence-electron chi connectivity index (χ4n) is 3.71. The van der Waals surface area contributed by atoms with Gasteiger partial charge in [0.05, 0.1) is 21.3 Å². The Kier molecular flexibility index (Phi) is 5.65. The second-order valence-electron chi connectivity index (χ2n) is 7.71. The lowest BCUT2D eigenvalue weighted by molar-refractivity contribution is 0.0923. The van der Waals surface area contributed by atoms with E-state index in [0.29, 0.717) is 38.4 Å². The predicted molar refractivity (Wildman–Crippen MR) is 117 cm³/mol. The third-order valence-corrected chi connectivity index (χ3v) is 6.15. The number of fused-ring (bicyclic) bond motifs is 1. The van der Waals surface area contributed by atoms with E-state index in [1.165, 1.54) is 0 Å². The van der Waals surface area contributed by atoms with E-state index in [4.69, 9.17) is 23.2 Å². The minimum Gasteiger partial charge on any atom is -0.349 e. The van der Waals surface area contributed by atoms with E-state index in [1.54, 1.807) is 35.0 Å². The van der Waals surface area contributed by atoms with Crippen LogP contribution in [-0.4, -0.2) is 26.5 Å². The van der Waals surface area contributed by atoms with Gasteiger partial charge in [-0.15, -0.1) is 0 Å². The smallest absolute Gasteiger partial charge is 0.253 e. The SMILES string of the molecule is Cn1c(Nc2c(Cl)cccc2Cl)nc2cc(C(=O)N[C@H]3CC[C@H](C)CC3)cnc21. The van der Waals surface area contributed by atoms with Gasteiger partial charge < -0.3 is 10.6 Å². The number of amides is 1. The van der Waals surface area contributed by atoms with Gasteiger partial charge in [-0.25, -0.2) is 9.97 Å². The number of carbonyl (C=O) groups is 1. The summed E-state index contributed by atoms with van der Waals surface area (Å²) in [6.07, 6.45) is 5.96. The van der Waals surface area contributed by atoms with Gasteiger partial charge in [-0.05, 0) is 49.8 Å². The van der Waals surface area contributed by atoms with Crippen LogP contribution in [0.4, 0.5) is 11.6 Å². The number of rotatable bonds is 4. The molecule has 6 nitrogen and oxygen atoms in total. The highest BCUT2D eigenvalue weighted by molar-refractivity contribution is 6.39. The molecule has 0 radical (unpaired) electrons. The van der Waals surface area contributed by atoms with Gasteiger partial charge in [0.25, 0.3) is 5.91 Å². The lowest BCUT2D eigenvalue weighted by atomic mass is 9.87. The molecule has 0 spiro atoms. The highest BCUT2D eigenvalue weighted by atomic mass is 35.5. The van der Waals surface area contributed by atoms with Crippen LogP contribution in [0.5, 0.6) is 0 Å². The normalized spacial score (nSPS) is 19.3. The Balaban J connectivity index is 1.56. The number of hydrogen-bond acceptors (Lipinski definition) is 4. The molecule has 0 unspecified atom stereocenters. The maximum absolute atomic E-state index is 12.7. The second kappa shape index (κ2) is 8.20. The molecule has 1 amide bonds. The van der Waals surface area contributed by atoms with Crippen LogP contribution in [0.15, 0.2) is 30.5 Å². The molecule has 0 saturated heterocycles. The van der Waals surface area contributed by atoms with Crippen molar-refractivity contribution in [2.24, 2.45) is 13.0 Å². The number of para-hydroxylation sites is 1. The molecule has 3 aromatic rings. The minimum absolute atomic E-state index is 0.103. The number of aryl methyl sites for hydroxylation is 1. The first-order chi connectivity index (χ1) is 13.9. The van der Waals surface area contributed by atoms with Crippen LogP contribution in [0.1, 0.15) is 43.0 Å². The maximum atomic E-state index is 12.7. The average molecular weight is 432 g/mol. The van der Waals surface area contributed by atoms with Gasteiger partial charge in [0.2, 0.25) is 5.95 Å². The molecule has 0 bridgehead atoms. The van der Waals surface area contributed by atoms with Crippen LogP contribution in [0.2, 0.25) is 10.0 Å². The highest BCUT2D eigenvalue weighted by Gasteiger charge is 2.21.